The second-order valence-corrected chi connectivity index (χ2v) is 20.4. The van der Waals surface area contributed by atoms with Crippen LogP contribution in [-0.4, -0.2) is 104 Å². The molecule has 13 nitrogen and oxygen atoms in total. The molecule has 0 saturated heterocycles. The summed E-state index contributed by atoms with van der Waals surface area (Å²) in [6, 6.07) is 0. The number of furan rings is 1. The molecule has 2 rings (SSSR count). The first-order valence-electron chi connectivity index (χ1n) is 24.7. The average Bonchev–Trinajstić information content (AvgIpc) is 3.66. The number of quaternary nitrogens is 1. The number of hydrogen-bond donors (Lipinski definition) is 3. The third-order valence-electron chi connectivity index (χ3n) is 12.2. The zero-order valence-corrected chi connectivity index (χ0v) is 41.7. The number of aliphatic hydroxyl groups is 3. The largest absolute Gasteiger partial charge is 0.756 e. The van der Waals surface area contributed by atoms with Crippen LogP contribution in [0.1, 0.15) is 171 Å². The summed E-state index contributed by atoms with van der Waals surface area (Å²) in [6.45, 7) is 8.14. The van der Waals surface area contributed by atoms with Gasteiger partial charge in [0.1, 0.15) is 31.3 Å². The van der Waals surface area contributed by atoms with Crippen LogP contribution in [0.3, 0.4) is 0 Å². The monoisotopic (exact) mass is 926 g/mol. The number of carbonyl (C=O) groups excluding carboxylic acids is 2. The van der Waals surface area contributed by atoms with Gasteiger partial charge in [0.05, 0.1) is 46.1 Å². The van der Waals surface area contributed by atoms with Gasteiger partial charge in [-0.15, -0.1) is 0 Å². The number of phosphoric ester groups is 1. The van der Waals surface area contributed by atoms with Crippen LogP contribution >= 0.6 is 7.82 Å². The Morgan fingerprint density at radius 1 is 0.797 bits per heavy atom. The van der Waals surface area contributed by atoms with Gasteiger partial charge >= 0.3 is 11.9 Å². The zero-order valence-electron chi connectivity index (χ0n) is 40.8. The molecule has 1 aliphatic carbocycles. The normalized spacial score (nSPS) is 20.0. The summed E-state index contributed by atoms with van der Waals surface area (Å²) in [5.41, 5.74) is 2.62. The van der Waals surface area contributed by atoms with Crippen molar-refractivity contribution < 1.29 is 61.8 Å². The van der Waals surface area contributed by atoms with Crippen LogP contribution in [-0.2, 0) is 45.5 Å². The van der Waals surface area contributed by atoms with Crippen molar-refractivity contribution in [2.24, 2.45) is 11.8 Å². The molecule has 1 fully saturated rings. The fourth-order valence-electron chi connectivity index (χ4n) is 8.00. The molecule has 7 atom stereocenters. The number of unbranched alkanes of at least 4 members (excludes halogenated alkanes) is 12. The van der Waals surface area contributed by atoms with Gasteiger partial charge in [-0.3, -0.25) is 14.2 Å². The molecule has 0 amide bonds. The van der Waals surface area contributed by atoms with Gasteiger partial charge in [-0.05, 0) is 75.8 Å². The molecule has 3 N–H and O–H groups in total. The summed E-state index contributed by atoms with van der Waals surface area (Å²) in [5.74, 6) is 0.839. The van der Waals surface area contributed by atoms with Crippen LogP contribution in [0, 0.1) is 25.7 Å². The zero-order chi connectivity index (χ0) is 47.4. The number of aliphatic hydroxyl groups excluding tert-OH is 3. The quantitative estimate of drug-likeness (QED) is 0.0189. The summed E-state index contributed by atoms with van der Waals surface area (Å²) < 4.78 is 40.2. The molecular weight excluding hydrogens is 838 g/mol. The summed E-state index contributed by atoms with van der Waals surface area (Å²) in [6.07, 6.45) is 24.1. The predicted octanol–water partition coefficient (Wildman–Crippen LogP) is 9.32. The first-order valence-corrected chi connectivity index (χ1v) is 26.1. The number of nitrogens with zero attached hydrogens (tertiary/aromatic N) is 1. The lowest BCUT2D eigenvalue weighted by atomic mass is 9.89. The Hall–Kier alpha value is -2.35. The predicted molar refractivity (Wildman–Crippen MR) is 250 cm³/mol. The van der Waals surface area contributed by atoms with E-state index in [1.807, 2.05) is 39.4 Å². The molecule has 0 bridgehead atoms. The van der Waals surface area contributed by atoms with Gasteiger partial charge < -0.3 is 47.6 Å². The minimum atomic E-state index is -4.70. The molecule has 0 aliphatic heterocycles. The summed E-state index contributed by atoms with van der Waals surface area (Å²) in [4.78, 5) is 38.0. The Balaban J connectivity index is 1.74. The van der Waals surface area contributed by atoms with E-state index in [1.54, 1.807) is 6.08 Å². The van der Waals surface area contributed by atoms with Gasteiger partial charge in [0.2, 0.25) is 0 Å². The van der Waals surface area contributed by atoms with E-state index < -0.39 is 50.8 Å². The summed E-state index contributed by atoms with van der Waals surface area (Å²) in [5, 5.41) is 31.4. The van der Waals surface area contributed by atoms with Gasteiger partial charge in [-0.2, -0.15) is 0 Å². The maximum absolute atomic E-state index is 12.8. The fourth-order valence-corrected chi connectivity index (χ4v) is 8.73. The smallest absolute Gasteiger partial charge is 0.306 e. The Labute approximate surface area is 386 Å². The number of rotatable bonds is 37. The molecule has 1 aromatic heterocycles. The second-order valence-electron chi connectivity index (χ2n) is 19.0. The van der Waals surface area contributed by atoms with Crippen molar-refractivity contribution in [3.05, 3.63) is 47.0 Å². The molecule has 1 unspecified atom stereocenters. The van der Waals surface area contributed by atoms with Gasteiger partial charge in [-0.1, -0.05) is 109 Å². The molecular formula is C50H88NO12P. The van der Waals surface area contributed by atoms with E-state index in [0.29, 0.717) is 43.1 Å². The highest BCUT2D eigenvalue weighted by Crippen LogP contribution is 2.39. The highest BCUT2D eigenvalue weighted by atomic mass is 31.2. The van der Waals surface area contributed by atoms with E-state index in [9.17, 15) is 34.4 Å². The molecule has 370 valence electrons. The van der Waals surface area contributed by atoms with E-state index in [0.717, 1.165) is 88.6 Å². The molecule has 64 heavy (non-hydrogen) atoms. The van der Waals surface area contributed by atoms with Crippen molar-refractivity contribution in [1.29, 1.82) is 0 Å². The number of allylic oxidation sites excluding steroid dienone is 2. The van der Waals surface area contributed by atoms with Crippen molar-refractivity contribution in [3.8, 4) is 0 Å². The molecule has 0 spiro atoms. The van der Waals surface area contributed by atoms with Crippen LogP contribution in [0.5, 0.6) is 0 Å². The number of likely N-dealkylation sites (N-methyl/N-ethyl adjacent to an activating group) is 1. The highest BCUT2D eigenvalue weighted by Gasteiger charge is 2.39. The topological polar surface area (TPSA) is 185 Å². The molecule has 0 radical (unpaired) electrons. The van der Waals surface area contributed by atoms with Crippen molar-refractivity contribution in [2.45, 2.75) is 200 Å². The minimum Gasteiger partial charge on any atom is -0.756 e. The van der Waals surface area contributed by atoms with Crippen molar-refractivity contribution >= 4 is 19.8 Å². The van der Waals surface area contributed by atoms with Crippen molar-refractivity contribution in [2.75, 3.05) is 47.5 Å². The highest BCUT2D eigenvalue weighted by molar-refractivity contribution is 7.45. The molecule has 14 heteroatoms. The number of esters is 2. The van der Waals surface area contributed by atoms with E-state index >= 15 is 0 Å². The third-order valence-corrected chi connectivity index (χ3v) is 13.2. The van der Waals surface area contributed by atoms with Crippen LogP contribution in [0.25, 0.3) is 0 Å². The Morgan fingerprint density at radius 3 is 2.03 bits per heavy atom. The van der Waals surface area contributed by atoms with Crippen molar-refractivity contribution in [1.82, 2.24) is 0 Å². The third kappa shape index (κ3) is 25.5. The maximum Gasteiger partial charge on any atom is 0.306 e. The number of phosphoric acid groups is 1. The van der Waals surface area contributed by atoms with Crippen LogP contribution < -0.4 is 4.89 Å². The lowest BCUT2D eigenvalue weighted by molar-refractivity contribution is -0.870. The Morgan fingerprint density at radius 2 is 1.39 bits per heavy atom. The van der Waals surface area contributed by atoms with E-state index in [2.05, 4.69) is 27.7 Å². The number of carbonyl (C=O) groups is 2. The van der Waals surface area contributed by atoms with E-state index in [1.165, 1.54) is 30.4 Å². The average molecular weight is 926 g/mol. The number of aryl methyl sites for hydroxylation is 2. The van der Waals surface area contributed by atoms with Crippen LogP contribution in [0.2, 0.25) is 0 Å². The van der Waals surface area contributed by atoms with Crippen LogP contribution in [0.15, 0.2) is 28.7 Å². The van der Waals surface area contributed by atoms with Crippen molar-refractivity contribution in [3.63, 3.8) is 0 Å². The maximum atomic E-state index is 12.8. The summed E-state index contributed by atoms with van der Waals surface area (Å²) in [7, 11) is 1.01. The lowest BCUT2D eigenvalue weighted by Gasteiger charge is -2.28. The number of ether oxygens (including phenoxy) is 2. The SMILES string of the molecule is CCCCCc1oc(CCCCCCCCCCC(=O)O[C@H](COC(=O)CCC/C=C/C[C@@H]2[C@@H](/C=C/[C@@H](O)CCCCC)[C@H](O)C[C@@H]2O)COP(=O)([O-])OCC[N+](C)(C)C)c(C)c1C. The Bertz CT molecular complexity index is 1540. The van der Waals surface area contributed by atoms with Gasteiger partial charge in [0, 0.05) is 38.0 Å². The van der Waals surface area contributed by atoms with Crippen LogP contribution in [0.4, 0.5) is 0 Å². The van der Waals surface area contributed by atoms with E-state index in [-0.39, 0.29) is 44.3 Å². The molecule has 1 heterocycles. The molecule has 1 aliphatic rings. The molecule has 0 aromatic carbocycles. The van der Waals surface area contributed by atoms with Gasteiger partial charge in [0.15, 0.2) is 6.10 Å². The first kappa shape index (κ1) is 57.8. The lowest BCUT2D eigenvalue weighted by Crippen LogP contribution is -2.37. The van der Waals surface area contributed by atoms with Gasteiger partial charge in [-0.25, -0.2) is 0 Å². The standard InChI is InChI=1S/C50H88NO12P/c1-8-10-20-26-41(52)32-33-44-43(45(53)36-46(44)54)27-22-18-19-24-30-49(55)59-37-42(38-61-64(57,58)60-35-34-51(5,6)7)62-50(56)31-25-17-15-13-12-14-16-23-29-48-40(4)39(3)47(63-48)28-21-11-9-2/h18,22,32-33,41-46,52-54H,8-17,19-21,23-31,34-38H2,1-7H3/b22-18+,33-32+/t41-,42+,43+,44+,45-,46+/m0/s1. The van der Waals surface area contributed by atoms with Gasteiger partial charge in [0.25, 0.3) is 7.82 Å². The molecule has 1 aromatic rings. The minimum absolute atomic E-state index is 0.0767. The summed E-state index contributed by atoms with van der Waals surface area (Å²) >= 11 is 0. The Kier molecular flexibility index (Phi) is 29.2. The first-order chi connectivity index (χ1) is 30.5. The fraction of sp³-hybridized carbons (Fsp3) is 0.800. The second kappa shape index (κ2) is 32.4. The van der Waals surface area contributed by atoms with E-state index in [4.69, 9.17) is 22.9 Å². The molecule has 1 saturated carbocycles. The number of hydrogen-bond acceptors (Lipinski definition) is 12.